The molecule has 0 aliphatic carbocycles. The number of carbonyl (C=O) groups is 1. The molecule has 1 aliphatic heterocycles. The Labute approximate surface area is 147 Å². The van der Waals surface area contributed by atoms with Crippen LogP contribution in [0.2, 0.25) is 0 Å². The zero-order valence-corrected chi connectivity index (χ0v) is 15.9. The monoisotopic (exact) mass is 353 g/mol. The summed E-state index contributed by atoms with van der Waals surface area (Å²) in [7, 11) is 1.77. The maximum Gasteiger partial charge on any atom is 0.407 e. The van der Waals surface area contributed by atoms with Crippen LogP contribution in [0.4, 0.5) is 4.79 Å². The number of aromatic nitrogens is 1. The molecule has 0 saturated carbocycles. The van der Waals surface area contributed by atoms with Crippen molar-refractivity contribution in [3.05, 3.63) is 16.1 Å². The second-order valence-corrected chi connectivity index (χ2v) is 8.16. The number of hydrogen-bond acceptors (Lipinski definition) is 5. The van der Waals surface area contributed by atoms with Gasteiger partial charge in [0.2, 0.25) is 0 Å². The molecule has 1 amide bonds. The van der Waals surface area contributed by atoms with Crippen LogP contribution in [0.15, 0.2) is 11.2 Å². The molecule has 0 radical (unpaired) electrons. The highest BCUT2D eigenvalue weighted by molar-refractivity contribution is 7.11. The smallest absolute Gasteiger partial charge is 0.407 e. The van der Waals surface area contributed by atoms with E-state index in [-0.39, 0.29) is 12.1 Å². The highest BCUT2D eigenvalue weighted by Gasteiger charge is 2.27. The molecule has 1 fully saturated rings. The van der Waals surface area contributed by atoms with E-state index in [9.17, 15) is 4.79 Å². The van der Waals surface area contributed by atoms with E-state index in [1.165, 1.54) is 4.88 Å². The minimum absolute atomic E-state index is 0.0699. The topological polar surface area (TPSA) is 78.9 Å². The number of likely N-dealkylation sites (tertiary alicyclic amines) is 1. The molecular weight excluding hydrogens is 326 g/mol. The lowest BCUT2D eigenvalue weighted by molar-refractivity contribution is 0.0507. The quantitative estimate of drug-likeness (QED) is 0.643. The fraction of sp³-hybridized carbons (Fsp3) is 0.688. The summed E-state index contributed by atoms with van der Waals surface area (Å²) in [5.74, 6) is 0.830. The average Bonchev–Trinajstić information content (AvgIpc) is 3.07. The Balaban J connectivity index is 1.81. The predicted octanol–water partition coefficient (Wildman–Crippen LogP) is 2.13. The van der Waals surface area contributed by atoms with E-state index < -0.39 is 5.60 Å². The lowest BCUT2D eigenvalue weighted by Crippen LogP contribution is -2.44. The van der Waals surface area contributed by atoms with Gasteiger partial charge in [0.05, 0.1) is 12.6 Å². The number of aryl methyl sites for hydroxylation is 1. The lowest BCUT2D eigenvalue weighted by atomic mass is 10.2. The molecular formula is C16H27N5O2S. The Kier molecular flexibility index (Phi) is 6.04. The molecule has 7 nitrogen and oxygen atoms in total. The second-order valence-electron chi connectivity index (χ2n) is 6.84. The fourth-order valence-electron chi connectivity index (χ4n) is 2.51. The van der Waals surface area contributed by atoms with E-state index in [0.29, 0.717) is 6.54 Å². The van der Waals surface area contributed by atoms with Gasteiger partial charge in [-0.25, -0.2) is 9.78 Å². The van der Waals surface area contributed by atoms with Gasteiger partial charge in [0, 0.05) is 31.2 Å². The molecule has 134 valence electrons. The first-order chi connectivity index (χ1) is 11.3. The van der Waals surface area contributed by atoms with Crippen LogP contribution in [0, 0.1) is 6.92 Å². The van der Waals surface area contributed by atoms with Crippen molar-refractivity contribution in [3.8, 4) is 0 Å². The molecule has 1 saturated heterocycles. The first kappa shape index (κ1) is 18.5. The largest absolute Gasteiger partial charge is 0.444 e. The van der Waals surface area contributed by atoms with Crippen molar-refractivity contribution in [1.29, 1.82) is 0 Å². The third kappa shape index (κ3) is 5.67. The number of nitrogens with one attached hydrogen (secondary N) is 2. The number of hydrogen-bond donors (Lipinski definition) is 2. The van der Waals surface area contributed by atoms with Crippen molar-refractivity contribution in [2.45, 2.75) is 52.3 Å². The number of ether oxygens (including phenoxy) is 1. The Morgan fingerprint density at radius 1 is 1.54 bits per heavy atom. The van der Waals surface area contributed by atoms with Crippen LogP contribution in [0.25, 0.3) is 0 Å². The number of carbonyl (C=O) groups excluding carboxylic acids is 1. The molecule has 2 heterocycles. The van der Waals surface area contributed by atoms with Gasteiger partial charge in [-0.3, -0.25) is 4.99 Å². The maximum absolute atomic E-state index is 11.9. The van der Waals surface area contributed by atoms with Gasteiger partial charge in [0.25, 0.3) is 0 Å². The van der Waals surface area contributed by atoms with Crippen molar-refractivity contribution in [3.63, 3.8) is 0 Å². The summed E-state index contributed by atoms with van der Waals surface area (Å²) in [6.45, 7) is 9.85. The molecule has 0 spiro atoms. The summed E-state index contributed by atoms with van der Waals surface area (Å²) < 4.78 is 5.31. The number of alkyl carbamates (subject to hydrolysis) is 1. The normalized spacial score (nSPS) is 18.6. The van der Waals surface area contributed by atoms with Gasteiger partial charge >= 0.3 is 6.09 Å². The highest BCUT2D eigenvalue weighted by atomic mass is 32.1. The van der Waals surface area contributed by atoms with Crippen LogP contribution in [0.3, 0.4) is 0 Å². The maximum atomic E-state index is 11.9. The minimum Gasteiger partial charge on any atom is -0.444 e. The van der Waals surface area contributed by atoms with Crippen molar-refractivity contribution < 1.29 is 9.53 Å². The van der Waals surface area contributed by atoms with E-state index in [0.717, 1.165) is 30.5 Å². The Bertz CT molecular complexity index is 594. The number of thiazole rings is 1. The van der Waals surface area contributed by atoms with Crippen LogP contribution >= 0.6 is 11.3 Å². The molecule has 1 aromatic heterocycles. The van der Waals surface area contributed by atoms with Crippen molar-refractivity contribution in [2.75, 3.05) is 20.1 Å². The molecule has 0 bridgehead atoms. The second kappa shape index (κ2) is 7.83. The molecule has 0 aromatic carbocycles. The van der Waals surface area contributed by atoms with E-state index in [4.69, 9.17) is 4.74 Å². The fourth-order valence-corrected chi connectivity index (χ4v) is 3.24. The SMILES string of the molecule is CN=C(NCc1ncc(C)s1)N1CCC(NC(=O)OC(C)(C)C)C1. The van der Waals surface area contributed by atoms with Gasteiger partial charge in [-0.2, -0.15) is 0 Å². The molecule has 1 aliphatic rings. The van der Waals surface area contributed by atoms with Gasteiger partial charge in [-0.05, 0) is 34.1 Å². The van der Waals surface area contributed by atoms with Gasteiger partial charge in [-0.1, -0.05) is 0 Å². The third-order valence-electron chi connectivity index (χ3n) is 3.49. The zero-order chi connectivity index (χ0) is 17.7. The average molecular weight is 353 g/mol. The standard InChI is InChI=1S/C16H27N5O2S/c1-11-8-18-13(24-11)9-19-14(17-5)21-7-6-12(10-21)20-15(22)23-16(2,3)4/h8,12H,6-7,9-10H2,1-5H3,(H,17,19)(H,20,22). The van der Waals surface area contributed by atoms with Gasteiger partial charge < -0.3 is 20.3 Å². The van der Waals surface area contributed by atoms with Crippen LogP contribution in [-0.4, -0.2) is 53.7 Å². The summed E-state index contributed by atoms with van der Waals surface area (Å²) >= 11 is 1.68. The first-order valence-corrected chi connectivity index (χ1v) is 8.95. The van der Waals surface area contributed by atoms with Gasteiger partial charge in [-0.15, -0.1) is 11.3 Å². The number of nitrogens with zero attached hydrogens (tertiary/aromatic N) is 3. The lowest BCUT2D eigenvalue weighted by Gasteiger charge is -2.23. The number of rotatable bonds is 3. The van der Waals surface area contributed by atoms with Gasteiger partial charge in [0.15, 0.2) is 5.96 Å². The molecule has 8 heteroatoms. The van der Waals surface area contributed by atoms with Crippen LogP contribution in [0.5, 0.6) is 0 Å². The molecule has 2 rings (SSSR count). The summed E-state index contributed by atoms with van der Waals surface area (Å²) in [6, 6.07) is 0.0699. The van der Waals surface area contributed by atoms with E-state index in [1.807, 2.05) is 33.9 Å². The third-order valence-corrected chi connectivity index (χ3v) is 4.40. The molecule has 1 aromatic rings. The van der Waals surface area contributed by atoms with Crippen LogP contribution < -0.4 is 10.6 Å². The highest BCUT2D eigenvalue weighted by Crippen LogP contribution is 2.13. The van der Waals surface area contributed by atoms with E-state index >= 15 is 0 Å². The zero-order valence-electron chi connectivity index (χ0n) is 15.0. The minimum atomic E-state index is -0.480. The molecule has 2 N–H and O–H groups in total. The summed E-state index contributed by atoms with van der Waals surface area (Å²) in [5.41, 5.74) is -0.480. The predicted molar refractivity (Wildman–Crippen MR) is 96.4 cm³/mol. The number of amides is 1. The van der Waals surface area contributed by atoms with E-state index in [1.54, 1.807) is 18.4 Å². The number of aliphatic imine (C=N–C) groups is 1. The number of guanidine groups is 1. The Morgan fingerprint density at radius 3 is 2.88 bits per heavy atom. The van der Waals surface area contributed by atoms with Crippen LogP contribution in [0.1, 0.15) is 37.1 Å². The first-order valence-electron chi connectivity index (χ1n) is 8.13. The molecule has 1 atom stereocenters. The summed E-state index contributed by atoms with van der Waals surface area (Å²) in [6.07, 6.45) is 2.38. The van der Waals surface area contributed by atoms with Crippen molar-refractivity contribution in [2.24, 2.45) is 4.99 Å². The molecule has 24 heavy (non-hydrogen) atoms. The van der Waals surface area contributed by atoms with E-state index in [2.05, 4.69) is 25.5 Å². The van der Waals surface area contributed by atoms with Crippen molar-refractivity contribution in [1.82, 2.24) is 20.5 Å². The summed E-state index contributed by atoms with van der Waals surface area (Å²) in [4.78, 5) is 23.9. The Morgan fingerprint density at radius 2 is 2.29 bits per heavy atom. The van der Waals surface area contributed by atoms with Gasteiger partial charge in [0.1, 0.15) is 10.6 Å². The van der Waals surface area contributed by atoms with Crippen LogP contribution in [-0.2, 0) is 11.3 Å². The van der Waals surface area contributed by atoms with Crippen molar-refractivity contribution >= 4 is 23.4 Å². The Hall–Kier alpha value is -1.83. The molecule has 1 unspecified atom stereocenters. The summed E-state index contributed by atoms with van der Waals surface area (Å²) in [5, 5.41) is 7.30.